The number of rotatable bonds is 5. The summed E-state index contributed by atoms with van der Waals surface area (Å²) in [5, 5.41) is 16.1. The number of benzene rings is 1. The Morgan fingerprint density at radius 1 is 1.45 bits per heavy atom. The van der Waals surface area contributed by atoms with Crippen LogP contribution < -0.4 is 10.1 Å². The first-order valence-electron chi connectivity index (χ1n) is 6.24. The third-order valence-electron chi connectivity index (χ3n) is 2.76. The van der Waals surface area contributed by atoms with Crippen LogP contribution in [0.5, 0.6) is 5.75 Å². The van der Waals surface area contributed by atoms with Gasteiger partial charge < -0.3 is 15.2 Å². The molecular formula is C14H17N3O3. The molecule has 1 amide bonds. The van der Waals surface area contributed by atoms with Crippen LogP contribution in [-0.4, -0.2) is 34.5 Å². The molecule has 0 unspecified atom stereocenters. The molecule has 20 heavy (non-hydrogen) atoms. The van der Waals surface area contributed by atoms with Crippen LogP contribution in [0.3, 0.4) is 0 Å². The summed E-state index contributed by atoms with van der Waals surface area (Å²) in [6, 6.07) is 9.26. The number of nitrogens with one attached hydrogen (secondary N) is 1. The van der Waals surface area contributed by atoms with Crippen molar-refractivity contribution in [1.29, 1.82) is 0 Å². The molecule has 0 saturated heterocycles. The number of hydrogen-bond acceptors (Lipinski definition) is 4. The highest BCUT2D eigenvalue weighted by molar-refractivity contribution is 5.88. The molecular weight excluding hydrogens is 258 g/mol. The van der Waals surface area contributed by atoms with Crippen molar-refractivity contribution in [2.75, 3.05) is 19.0 Å². The summed E-state index contributed by atoms with van der Waals surface area (Å²) in [5.41, 5.74) is 1.59. The second-order valence-electron chi connectivity index (χ2n) is 4.27. The van der Waals surface area contributed by atoms with Gasteiger partial charge in [-0.05, 0) is 12.1 Å². The van der Waals surface area contributed by atoms with E-state index in [4.69, 9.17) is 9.84 Å². The summed E-state index contributed by atoms with van der Waals surface area (Å²) in [5.74, 6) is 1.12. The van der Waals surface area contributed by atoms with E-state index in [1.54, 1.807) is 17.9 Å². The van der Waals surface area contributed by atoms with E-state index in [0.717, 1.165) is 11.3 Å². The highest BCUT2D eigenvalue weighted by Gasteiger charge is 2.11. The van der Waals surface area contributed by atoms with Crippen molar-refractivity contribution in [2.24, 2.45) is 0 Å². The standard InChI is InChI=1S/C14H17N3O3/c1-10(19)15-14-9-13(16-17(14)6-7-18)11-4-3-5-12(8-11)20-2/h3-5,8-9,18H,6-7H2,1-2H3,(H,15,19). The van der Waals surface area contributed by atoms with E-state index in [1.165, 1.54) is 6.92 Å². The van der Waals surface area contributed by atoms with Crippen LogP contribution in [0.25, 0.3) is 11.3 Å². The average molecular weight is 275 g/mol. The summed E-state index contributed by atoms with van der Waals surface area (Å²) in [6.45, 7) is 1.70. The lowest BCUT2D eigenvalue weighted by atomic mass is 10.1. The fraction of sp³-hybridized carbons (Fsp3) is 0.286. The molecule has 0 radical (unpaired) electrons. The molecule has 6 nitrogen and oxygen atoms in total. The van der Waals surface area contributed by atoms with Crippen molar-refractivity contribution in [1.82, 2.24) is 9.78 Å². The van der Waals surface area contributed by atoms with Crippen LogP contribution in [0.4, 0.5) is 5.82 Å². The van der Waals surface area contributed by atoms with Gasteiger partial charge in [-0.25, -0.2) is 4.68 Å². The molecule has 0 aliphatic heterocycles. The van der Waals surface area contributed by atoms with Gasteiger partial charge in [0.25, 0.3) is 0 Å². The fourth-order valence-electron chi connectivity index (χ4n) is 1.89. The first-order valence-corrected chi connectivity index (χ1v) is 6.24. The maximum Gasteiger partial charge on any atom is 0.222 e. The molecule has 0 atom stereocenters. The minimum absolute atomic E-state index is 0.0498. The first kappa shape index (κ1) is 14.1. The lowest BCUT2D eigenvalue weighted by Crippen LogP contribution is -2.13. The molecule has 0 aliphatic rings. The number of carbonyl (C=O) groups excluding carboxylic acids is 1. The number of anilines is 1. The van der Waals surface area contributed by atoms with E-state index in [9.17, 15) is 4.79 Å². The highest BCUT2D eigenvalue weighted by atomic mass is 16.5. The van der Waals surface area contributed by atoms with Crippen molar-refractivity contribution >= 4 is 11.7 Å². The van der Waals surface area contributed by atoms with E-state index in [1.807, 2.05) is 24.3 Å². The highest BCUT2D eigenvalue weighted by Crippen LogP contribution is 2.25. The van der Waals surface area contributed by atoms with Crippen molar-refractivity contribution in [3.8, 4) is 17.0 Å². The number of aliphatic hydroxyl groups excluding tert-OH is 1. The van der Waals surface area contributed by atoms with Gasteiger partial charge in [0.2, 0.25) is 5.91 Å². The quantitative estimate of drug-likeness (QED) is 0.867. The Kier molecular flexibility index (Phi) is 4.37. The molecule has 106 valence electrons. The van der Waals surface area contributed by atoms with E-state index in [0.29, 0.717) is 18.1 Å². The SMILES string of the molecule is COc1cccc(-c2cc(NC(C)=O)n(CCO)n2)c1. The van der Waals surface area contributed by atoms with Gasteiger partial charge in [-0.1, -0.05) is 12.1 Å². The van der Waals surface area contributed by atoms with Crippen molar-refractivity contribution < 1.29 is 14.6 Å². The summed E-state index contributed by atoms with van der Waals surface area (Å²) in [6.07, 6.45) is 0. The Bertz CT molecular complexity index is 607. The summed E-state index contributed by atoms with van der Waals surface area (Å²) < 4.78 is 6.75. The molecule has 0 aliphatic carbocycles. The zero-order valence-corrected chi connectivity index (χ0v) is 11.5. The van der Waals surface area contributed by atoms with E-state index in [-0.39, 0.29) is 12.5 Å². The van der Waals surface area contributed by atoms with Gasteiger partial charge in [0.1, 0.15) is 11.6 Å². The van der Waals surface area contributed by atoms with Crippen LogP contribution in [0.2, 0.25) is 0 Å². The molecule has 2 aromatic rings. The van der Waals surface area contributed by atoms with E-state index >= 15 is 0 Å². The van der Waals surface area contributed by atoms with Crippen LogP contribution >= 0.6 is 0 Å². The van der Waals surface area contributed by atoms with E-state index < -0.39 is 0 Å². The largest absolute Gasteiger partial charge is 0.497 e. The van der Waals surface area contributed by atoms with Crippen LogP contribution in [0.15, 0.2) is 30.3 Å². The molecule has 0 saturated carbocycles. The normalized spacial score (nSPS) is 10.3. The van der Waals surface area contributed by atoms with Gasteiger partial charge in [0.15, 0.2) is 0 Å². The number of aliphatic hydroxyl groups is 1. The molecule has 2 N–H and O–H groups in total. The van der Waals surface area contributed by atoms with Crippen LogP contribution in [0.1, 0.15) is 6.92 Å². The Hall–Kier alpha value is -2.34. The average Bonchev–Trinajstić information content (AvgIpc) is 2.82. The Morgan fingerprint density at radius 3 is 2.90 bits per heavy atom. The molecule has 0 fully saturated rings. The third-order valence-corrected chi connectivity index (χ3v) is 2.76. The Labute approximate surface area is 117 Å². The monoisotopic (exact) mass is 275 g/mol. The number of ether oxygens (including phenoxy) is 1. The fourth-order valence-corrected chi connectivity index (χ4v) is 1.89. The van der Waals surface area contributed by atoms with Gasteiger partial charge in [-0.3, -0.25) is 4.79 Å². The third kappa shape index (κ3) is 3.16. The second-order valence-corrected chi connectivity index (χ2v) is 4.27. The van der Waals surface area contributed by atoms with Gasteiger partial charge in [0.05, 0.1) is 26.0 Å². The van der Waals surface area contributed by atoms with E-state index in [2.05, 4.69) is 10.4 Å². The number of aromatic nitrogens is 2. The molecule has 1 aromatic carbocycles. The number of amides is 1. The maximum absolute atomic E-state index is 11.2. The molecule has 1 aromatic heterocycles. The molecule has 2 rings (SSSR count). The molecule has 1 heterocycles. The summed E-state index contributed by atoms with van der Waals surface area (Å²) in [7, 11) is 1.60. The van der Waals surface area contributed by atoms with Crippen molar-refractivity contribution in [3.63, 3.8) is 0 Å². The zero-order valence-electron chi connectivity index (χ0n) is 11.5. The predicted octanol–water partition coefficient (Wildman–Crippen LogP) is 1.51. The first-order chi connectivity index (χ1) is 9.63. The van der Waals surface area contributed by atoms with Crippen LogP contribution in [0, 0.1) is 0 Å². The Balaban J connectivity index is 2.38. The minimum atomic E-state index is -0.179. The van der Waals surface area contributed by atoms with Gasteiger partial charge in [-0.15, -0.1) is 0 Å². The topological polar surface area (TPSA) is 76.4 Å². The van der Waals surface area contributed by atoms with Crippen molar-refractivity contribution in [3.05, 3.63) is 30.3 Å². The zero-order chi connectivity index (χ0) is 14.5. The number of nitrogens with zero attached hydrogens (tertiary/aromatic N) is 2. The predicted molar refractivity (Wildman–Crippen MR) is 75.6 cm³/mol. The van der Waals surface area contributed by atoms with Crippen molar-refractivity contribution in [2.45, 2.75) is 13.5 Å². The minimum Gasteiger partial charge on any atom is -0.497 e. The number of methoxy groups -OCH3 is 1. The van der Waals surface area contributed by atoms with Gasteiger partial charge >= 0.3 is 0 Å². The number of hydrogen-bond donors (Lipinski definition) is 2. The molecule has 6 heteroatoms. The molecule has 0 spiro atoms. The Morgan fingerprint density at radius 2 is 2.25 bits per heavy atom. The summed E-state index contributed by atoms with van der Waals surface area (Å²) >= 11 is 0. The lowest BCUT2D eigenvalue weighted by Gasteiger charge is -2.04. The van der Waals surface area contributed by atoms with Gasteiger partial charge in [0, 0.05) is 18.6 Å². The number of carbonyl (C=O) groups is 1. The van der Waals surface area contributed by atoms with Gasteiger partial charge in [-0.2, -0.15) is 5.10 Å². The smallest absolute Gasteiger partial charge is 0.222 e. The maximum atomic E-state index is 11.2. The molecule has 0 bridgehead atoms. The van der Waals surface area contributed by atoms with Crippen LogP contribution in [-0.2, 0) is 11.3 Å². The second kappa shape index (κ2) is 6.21. The lowest BCUT2D eigenvalue weighted by molar-refractivity contribution is -0.114. The summed E-state index contributed by atoms with van der Waals surface area (Å²) in [4.78, 5) is 11.2.